The van der Waals surface area contributed by atoms with Crippen LogP contribution >= 0.6 is 0 Å². The molecule has 0 radical (unpaired) electrons. The monoisotopic (exact) mass is 297 g/mol. The van der Waals surface area contributed by atoms with Crippen molar-refractivity contribution in [3.05, 3.63) is 24.3 Å². The van der Waals surface area contributed by atoms with E-state index in [1.807, 2.05) is 0 Å². The van der Waals surface area contributed by atoms with Crippen molar-refractivity contribution in [2.45, 2.75) is 49.6 Å². The van der Waals surface area contributed by atoms with Crippen LogP contribution in [0.1, 0.15) is 32.6 Å². The summed E-state index contributed by atoms with van der Waals surface area (Å²) in [5, 5.41) is 3.40. The molecule has 1 aliphatic rings. The number of nitrogens with two attached hydrogens (primary N) is 1. The van der Waals surface area contributed by atoms with Crippen molar-refractivity contribution in [1.29, 1.82) is 0 Å². The van der Waals surface area contributed by atoms with Gasteiger partial charge in [-0.05, 0) is 37.1 Å². The number of benzene rings is 1. The first kappa shape index (κ1) is 15.3. The number of anilines is 1. The summed E-state index contributed by atoms with van der Waals surface area (Å²) >= 11 is 0. The molecule has 20 heavy (non-hydrogen) atoms. The molecule has 0 bridgehead atoms. The minimum Gasteiger partial charge on any atom is -0.381 e. The molecule has 0 heterocycles. The second-order valence-electron chi connectivity index (χ2n) is 5.22. The maximum absolute atomic E-state index is 11.8. The number of hydrogen-bond acceptors (Lipinski definition) is 4. The molecule has 2 unspecified atom stereocenters. The van der Waals surface area contributed by atoms with Gasteiger partial charge in [0.25, 0.3) is 0 Å². The van der Waals surface area contributed by atoms with Gasteiger partial charge in [-0.25, -0.2) is 13.1 Å². The van der Waals surface area contributed by atoms with Gasteiger partial charge in [-0.15, -0.1) is 0 Å². The van der Waals surface area contributed by atoms with Crippen LogP contribution in [0.5, 0.6) is 0 Å². The average Bonchev–Trinajstić information content (AvgIpc) is 2.42. The fraction of sp³-hybridized carbons (Fsp3) is 0.571. The van der Waals surface area contributed by atoms with Crippen molar-refractivity contribution < 1.29 is 8.42 Å². The standard InChI is InChI=1S/C14H23N3O2S/c1-2-16-20(18,19)12-9-7-11(8-10-12)17-14-6-4-3-5-13(14)15/h7-10,13-14,16-17H,2-6,15H2,1H3. The summed E-state index contributed by atoms with van der Waals surface area (Å²) in [7, 11) is -3.37. The molecule has 6 heteroatoms. The Hall–Kier alpha value is -1.11. The Bertz CT molecular complexity index is 528. The molecule has 1 aliphatic carbocycles. The Morgan fingerprint density at radius 1 is 1.20 bits per heavy atom. The van der Waals surface area contributed by atoms with Crippen LogP contribution in [0.3, 0.4) is 0 Å². The molecule has 2 rings (SSSR count). The zero-order valence-electron chi connectivity index (χ0n) is 11.8. The number of sulfonamides is 1. The molecule has 4 N–H and O–H groups in total. The fourth-order valence-electron chi connectivity index (χ4n) is 2.56. The Labute approximate surface area is 121 Å². The normalized spacial score (nSPS) is 23.5. The van der Waals surface area contributed by atoms with E-state index in [1.165, 1.54) is 12.8 Å². The third-order valence-electron chi connectivity index (χ3n) is 3.67. The molecular weight excluding hydrogens is 274 g/mol. The molecule has 0 spiro atoms. The van der Waals surface area contributed by atoms with Crippen molar-refractivity contribution in [2.75, 3.05) is 11.9 Å². The van der Waals surface area contributed by atoms with Gasteiger partial charge in [0.2, 0.25) is 10.0 Å². The van der Waals surface area contributed by atoms with Crippen LogP contribution in [0.25, 0.3) is 0 Å². The maximum atomic E-state index is 11.8. The molecule has 1 saturated carbocycles. The summed E-state index contributed by atoms with van der Waals surface area (Å²) in [6.07, 6.45) is 4.50. The van der Waals surface area contributed by atoms with Crippen LogP contribution in [-0.4, -0.2) is 27.0 Å². The lowest BCUT2D eigenvalue weighted by molar-refractivity contribution is 0.404. The highest BCUT2D eigenvalue weighted by Crippen LogP contribution is 2.22. The third-order valence-corrected chi connectivity index (χ3v) is 5.23. The Balaban J connectivity index is 2.05. The topological polar surface area (TPSA) is 84.2 Å². The zero-order valence-corrected chi connectivity index (χ0v) is 12.6. The van der Waals surface area contributed by atoms with Crippen molar-refractivity contribution in [3.8, 4) is 0 Å². The summed E-state index contributed by atoms with van der Waals surface area (Å²) in [4.78, 5) is 0.290. The Morgan fingerprint density at radius 3 is 2.45 bits per heavy atom. The van der Waals surface area contributed by atoms with Crippen molar-refractivity contribution in [2.24, 2.45) is 5.73 Å². The fourth-order valence-corrected chi connectivity index (χ4v) is 3.60. The van der Waals surface area contributed by atoms with Crippen LogP contribution in [-0.2, 0) is 10.0 Å². The number of hydrogen-bond donors (Lipinski definition) is 3. The second-order valence-corrected chi connectivity index (χ2v) is 6.99. The molecule has 1 aromatic rings. The van der Waals surface area contributed by atoms with Gasteiger partial charge in [0.1, 0.15) is 0 Å². The Kier molecular flexibility index (Phi) is 5.01. The van der Waals surface area contributed by atoms with E-state index in [1.54, 1.807) is 31.2 Å². The first-order chi connectivity index (χ1) is 9.53. The first-order valence-electron chi connectivity index (χ1n) is 7.15. The first-order valence-corrected chi connectivity index (χ1v) is 8.63. The summed E-state index contributed by atoms with van der Waals surface area (Å²) in [5.74, 6) is 0. The lowest BCUT2D eigenvalue weighted by Crippen LogP contribution is -2.42. The smallest absolute Gasteiger partial charge is 0.240 e. The van der Waals surface area contributed by atoms with E-state index in [2.05, 4.69) is 10.0 Å². The number of nitrogens with one attached hydrogen (secondary N) is 2. The highest BCUT2D eigenvalue weighted by molar-refractivity contribution is 7.89. The predicted molar refractivity (Wildman–Crippen MR) is 81.2 cm³/mol. The van der Waals surface area contributed by atoms with Crippen molar-refractivity contribution >= 4 is 15.7 Å². The highest BCUT2D eigenvalue weighted by Gasteiger charge is 2.21. The SMILES string of the molecule is CCNS(=O)(=O)c1ccc(NC2CCCCC2N)cc1. The van der Waals surface area contributed by atoms with E-state index in [0.717, 1.165) is 18.5 Å². The number of rotatable bonds is 5. The summed E-state index contributed by atoms with van der Waals surface area (Å²) in [6, 6.07) is 7.29. The highest BCUT2D eigenvalue weighted by atomic mass is 32.2. The van der Waals surface area contributed by atoms with E-state index in [0.29, 0.717) is 6.54 Å². The summed E-state index contributed by atoms with van der Waals surface area (Å²) < 4.78 is 26.1. The zero-order chi connectivity index (χ0) is 14.6. The molecule has 0 aliphatic heterocycles. The van der Waals surface area contributed by atoms with Crippen molar-refractivity contribution in [3.63, 3.8) is 0 Å². The molecular formula is C14H23N3O2S. The minimum atomic E-state index is -3.37. The lowest BCUT2D eigenvalue weighted by Gasteiger charge is -2.30. The van der Waals surface area contributed by atoms with Gasteiger partial charge in [0.15, 0.2) is 0 Å². The second kappa shape index (κ2) is 6.56. The van der Waals surface area contributed by atoms with Gasteiger partial charge in [-0.1, -0.05) is 19.8 Å². The van der Waals surface area contributed by atoms with Crippen LogP contribution in [0.15, 0.2) is 29.2 Å². The van der Waals surface area contributed by atoms with Gasteiger partial charge in [-0.2, -0.15) is 0 Å². The van der Waals surface area contributed by atoms with E-state index >= 15 is 0 Å². The molecule has 0 aromatic heterocycles. The molecule has 2 atom stereocenters. The van der Waals surface area contributed by atoms with Crippen LogP contribution < -0.4 is 15.8 Å². The van der Waals surface area contributed by atoms with Gasteiger partial charge in [0, 0.05) is 24.3 Å². The molecule has 1 fully saturated rings. The van der Waals surface area contributed by atoms with Crippen LogP contribution in [0, 0.1) is 0 Å². The Morgan fingerprint density at radius 2 is 1.85 bits per heavy atom. The molecule has 112 valence electrons. The van der Waals surface area contributed by atoms with Gasteiger partial charge in [-0.3, -0.25) is 0 Å². The summed E-state index contributed by atoms with van der Waals surface area (Å²) in [6.45, 7) is 2.15. The molecule has 0 saturated heterocycles. The lowest BCUT2D eigenvalue weighted by atomic mass is 9.91. The van der Waals surface area contributed by atoms with Crippen LogP contribution in [0.2, 0.25) is 0 Å². The van der Waals surface area contributed by atoms with Crippen LogP contribution in [0.4, 0.5) is 5.69 Å². The van der Waals surface area contributed by atoms with E-state index < -0.39 is 10.0 Å². The van der Waals surface area contributed by atoms with Crippen molar-refractivity contribution in [1.82, 2.24) is 4.72 Å². The minimum absolute atomic E-state index is 0.175. The average molecular weight is 297 g/mol. The molecule has 1 aromatic carbocycles. The van der Waals surface area contributed by atoms with E-state index in [-0.39, 0.29) is 17.0 Å². The van der Waals surface area contributed by atoms with E-state index in [4.69, 9.17) is 5.73 Å². The predicted octanol–water partition coefficient (Wildman–Crippen LogP) is 1.67. The largest absolute Gasteiger partial charge is 0.381 e. The van der Waals surface area contributed by atoms with Gasteiger partial charge >= 0.3 is 0 Å². The maximum Gasteiger partial charge on any atom is 0.240 e. The molecule has 0 amide bonds. The molecule has 5 nitrogen and oxygen atoms in total. The quantitative estimate of drug-likeness (QED) is 0.772. The third kappa shape index (κ3) is 3.71. The van der Waals surface area contributed by atoms with Gasteiger partial charge < -0.3 is 11.1 Å². The van der Waals surface area contributed by atoms with Gasteiger partial charge in [0.05, 0.1) is 4.90 Å². The van der Waals surface area contributed by atoms with E-state index in [9.17, 15) is 8.42 Å². The summed E-state index contributed by atoms with van der Waals surface area (Å²) in [5.41, 5.74) is 7.02.